The maximum atomic E-state index is 5.91. The van der Waals surface area contributed by atoms with Crippen LogP contribution in [0.1, 0.15) is 11.1 Å². The zero-order valence-electron chi connectivity index (χ0n) is 10.8. The van der Waals surface area contributed by atoms with Crippen molar-refractivity contribution >= 4 is 28.3 Å². The molecule has 3 rings (SSSR count). The van der Waals surface area contributed by atoms with E-state index in [4.69, 9.17) is 19.9 Å². The highest BCUT2D eigenvalue weighted by atomic mass is 127. The molecule has 4 nitrogen and oxygen atoms in total. The number of hydrogen-bond acceptors (Lipinski definition) is 4. The van der Waals surface area contributed by atoms with Crippen molar-refractivity contribution in [3.8, 4) is 11.5 Å². The molecule has 0 saturated heterocycles. The van der Waals surface area contributed by atoms with Crippen molar-refractivity contribution in [2.24, 2.45) is 0 Å². The molecule has 1 aliphatic rings. The van der Waals surface area contributed by atoms with Crippen molar-refractivity contribution < 1.29 is 14.2 Å². The molecule has 0 radical (unpaired) electrons. The first kappa shape index (κ1) is 13.5. The quantitative estimate of drug-likeness (QED) is 0.653. The van der Waals surface area contributed by atoms with E-state index in [9.17, 15) is 0 Å². The fourth-order valence-corrected chi connectivity index (χ4v) is 2.67. The average molecular weight is 383 g/mol. The number of nitrogen functional groups attached to an aromatic ring is 1. The van der Waals surface area contributed by atoms with E-state index in [1.165, 1.54) is 0 Å². The van der Waals surface area contributed by atoms with E-state index < -0.39 is 0 Å². The van der Waals surface area contributed by atoms with Gasteiger partial charge in [-0.15, -0.1) is 0 Å². The summed E-state index contributed by atoms with van der Waals surface area (Å²) >= 11 is 2.26. The second-order valence-corrected chi connectivity index (χ2v) is 5.77. The lowest BCUT2D eigenvalue weighted by Crippen LogP contribution is -2.14. The minimum atomic E-state index is 0.271. The van der Waals surface area contributed by atoms with Crippen LogP contribution in [0.2, 0.25) is 0 Å². The molecule has 20 heavy (non-hydrogen) atoms. The maximum Gasteiger partial charge on any atom is 0.189 e. The summed E-state index contributed by atoms with van der Waals surface area (Å²) in [6, 6.07) is 11.7. The van der Waals surface area contributed by atoms with Gasteiger partial charge in [0.1, 0.15) is 18.1 Å². The van der Waals surface area contributed by atoms with Gasteiger partial charge in [-0.2, -0.15) is 0 Å². The number of nitrogens with two attached hydrogens (primary N) is 1. The average Bonchev–Trinajstić information content (AvgIpc) is 2.44. The van der Waals surface area contributed by atoms with Crippen molar-refractivity contribution in [1.82, 2.24) is 0 Å². The molecule has 2 N–H and O–H groups in total. The first-order chi connectivity index (χ1) is 9.72. The van der Waals surface area contributed by atoms with Gasteiger partial charge in [-0.25, -0.2) is 0 Å². The van der Waals surface area contributed by atoms with Crippen LogP contribution in [-0.2, 0) is 18.0 Å². The van der Waals surface area contributed by atoms with Crippen LogP contribution in [0.25, 0.3) is 0 Å². The van der Waals surface area contributed by atoms with E-state index in [0.29, 0.717) is 18.9 Å². The molecule has 0 spiro atoms. The van der Waals surface area contributed by atoms with Gasteiger partial charge in [0, 0.05) is 20.4 Å². The van der Waals surface area contributed by atoms with Crippen LogP contribution in [0.3, 0.4) is 0 Å². The van der Waals surface area contributed by atoms with E-state index in [2.05, 4.69) is 22.6 Å². The third-order valence-electron chi connectivity index (χ3n) is 3.00. The van der Waals surface area contributed by atoms with Crippen molar-refractivity contribution in [3.05, 3.63) is 51.1 Å². The first-order valence-corrected chi connectivity index (χ1v) is 7.30. The molecule has 0 saturated carbocycles. The van der Waals surface area contributed by atoms with E-state index in [0.717, 1.165) is 26.2 Å². The van der Waals surface area contributed by atoms with Gasteiger partial charge in [0.05, 0.1) is 6.61 Å². The summed E-state index contributed by atoms with van der Waals surface area (Å²) in [7, 11) is 0. The first-order valence-electron chi connectivity index (χ1n) is 6.22. The van der Waals surface area contributed by atoms with Crippen LogP contribution in [0, 0.1) is 3.57 Å². The van der Waals surface area contributed by atoms with Gasteiger partial charge in [-0.3, -0.25) is 0 Å². The van der Waals surface area contributed by atoms with E-state index in [1.807, 2.05) is 36.4 Å². The summed E-state index contributed by atoms with van der Waals surface area (Å²) in [5.41, 5.74) is 8.52. The number of fused-ring (bicyclic) bond motifs is 1. The summed E-state index contributed by atoms with van der Waals surface area (Å²) in [5, 5.41) is 0. The molecule has 1 heterocycles. The molecule has 0 amide bonds. The summed E-state index contributed by atoms with van der Waals surface area (Å²) in [6.07, 6.45) is 0. The minimum Gasteiger partial charge on any atom is -0.489 e. The molecule has 1 aliphatic heterocycles. The molecule has 0 unspecified atom stereocenters. The Kier molecular flexibility index (Phi) is 3.98. The van der Waals surface area contributed by atoms with Crippen molar-refractivity contribution in [2.45, 2.75) is 13.2 Å². The molecule has 0 aromatic heterocycles. The highest BCUT2D eigenvalue weighted by Gasteiger charge is 2.16. The zero-order chi connectivity index (χ0) is 13.9. The lowest BCUT2D eigenvalue weighted by Gasteiger charge is -2.21. The lowest BCUT2D eigenvalue weighted by molar-refractivity contribution is -0.0175. The third-order valence-corrected chi connectivity index (χ3v) is 3.67. The van der Waals surface area contributed by atoms with Crippen molar-refractivity contribution in [3.63, 3.8) is 0 Å². The summed E-state index contributed by atoms with van der Waals surface area (Å²) in [6.45, 7) is 1.22. The zero-order valence-corrected chi connectivity index (χ0v) is 12.9. The number of ether oxygens (including phenoxy) is 3. The molecular formula is C15H14INO3. The Morgan fingerprint density at radius 1 is 1.25 bits per heavy atom. The van der Waals surface area contributed by atoms with E-state index in [1.54, 1.807) is 0 Å². The van der Waals surface area contributed by atoms with Crippen molar-refractivity contribution in [2.75, 3.05) is 12.5 Å². The van der Waals surface area contributed by atoms with E-state index in [-0.39, 0.29) is 6.79 Å². The number of rotatable bonds is 3. The van der Waals surface area contributed by atoms with E-state index >= 15 is 0 Å². The maximum absolute atomic E-state index is 5.91. The Balaban J connectivity index is 1.82. The van der Waals surface area contributed by atoms with Crippen LogP contribution in [0.15, 0.2) is 36.4 Å². The topological polar surface area (TPSA) is 53.7 Å². The Bertz CT molecular complexity index is 631. The van der Waals surface area contributed by atoms with Gasteiger partial charge in [-0.05, 0) is 52.9 Å². The van der Waals surface area contributed by atoms with Crippen LogP contribution >= 0.6 is 22.6 Å². The van der Waals surface area contributed by atoms with Crippen LogP contribution in [0.5, 0.6) is 11.5 Å². The van der Waals surface area contributed by atoms with Gasteiger partial charge in [0.2, 0.25) is 0 Å². The fraction of sp³-hybridized carbons (Fsp3) is 0.200. The number of benzene rings is 2. The Hall–Kier alpha value is -1.47. The number of hydrogen-bond donors (Lipinski definition) is 1. The predicted octanol–water partition coefficient (Wildman–Crippen LogP) is 3.32. The predicted molar refractivity (Wildman–Crippen MR) is 84.6 cm³/mol. The molecule has 2 aromatic carbocycles. The summed E-state index contributed by atoms with van der Waals surface area (Å²) in [5.74, 6) is 1.66. The monoisotopic (exact) mass is 383 g/mol. The molecular weight excluding hydrogens is 369 g/mol. The third kappa shape index (κ3) is 2.99. The minimum absolute atomic E-state index is 0.271. The molecule has 0 bridgehead atoms. The standard InChI is InChI=1S/C15H14INO3/c16-12-2-1-3-14(6-12)19-8-11-5-13(17)4-10-7-18-9-20-15(10)11/h1-6H,7-9,17H2. The normalized spacial score (nSPS) is 13.4. The Labute approximate surface area is 131 Å². The lowest BCUT2D eigenvalue weighted by atomic mass is 10.1. The van der Waals surface area contributed by atoms with Gasteiger partial charge in [0.15, 0.2) is 6.79 Å². The number of halogens is 1. The molecule has 2 aromatic rings. The fourth-order valence-electron chi connectivity index (χ4n) is 2.15. The van der Waals surface area contributed by atoms with Gasteiger partial charge < -0.3 is 19.9 Å². The Morgan fingerprint density at radius 3 is 3.00 bits per heavy atom. The van der Waals surface area contributed by atoms with Gasteiger partial charge >= 0.3 is 0 Å². The SMILES string of the molecule is Nc1cc2c(c(COc3cccc(I)c3)c1)OCOC2. The molecule has 0 aliphatic carbocycles. The summed E-state index contributed by atoms with van der Waals surface area (Å²) < 4.78 is 17.8. The van der Waals surface area contributed by atoms with Crippen LogP contribution < -0.4 is 15.2 Å². The van der Waals surface area contributed by atoms with Crippen LogP contribution in [0.4, 0.5) is 5.69 Å². The summed E-state index contributed by atoms with van der Waals surface area (Å²) in [4.78, 5) is 0. The molecule has 0 fully saturated rings. The largest absolute Gasteiger partial charge is 0.489 e. The molecule has 0 atom stereocenters. The highest BCUT2D eigenvalue weighted by Crippen LogP contribution is 2.31. The van der Waals surface area contributed by atoms with Crippen molar-refractivity contribution in [1.29, 1.82) is 0 Å². The molecule has 5 heteroatoms. The number of anilines is 1. The second kappa shape index (κ2) is 5.88. The smallest absolute Gasteiger partial charge is 0.189 e. The Morgan fingerprint density at radius 2 is 2.15 bits per heavy atom. The second-order valence-electron chi connectivity index (χ2n) is 4.52. The van der Waals surface area contributed by atoms with Gasteiger partial charge in [-0.1, -0.05) is 6.07 Å². The van der Waals surface area contributed by atoms with Gasteiger partial charge in [0.25, 0.3) is 0 Å². The highest BCUT2D eigenvalue weighted by molar-refractivity contribution is 14.1. The van der Waals surface area contributed by atoms with Crippen LogP contribution in [-0.4, -0.2) is 6.79 Å². The molecule has 104 valence electrons.